The van der Waals surface area contributed by atoms with Crippen LogP contribution in [0.1, 0.15) is 39.1 Å². The monoisotopic (exact) mass is 396 g/mol. The number of rotatable bonds is 7. The molecule has 3 rings (SSSR count). The van der Waals surface area contributed by atoms with Crippen molar-refractivity contribution in [3.05, 3.63) is 59.3 Å². The van der Waals surface area contributed by atoms with Gasteiger partial charge in [-0.2, -0.15) is 0 Å². The summed E-state index contributed by atoms with van der Waals surface area (Å²) in [6, 6.07) is 11.4. The Kier molecular flexibility index (Phi) is 7.19. The number of aromatic nitrogens is 1. The third-order valence-corrected chi connectivity index (χ3v) is 5.15. The number of hydrogen-bond acceptors (Lipinski definition) is 5. The highest BCUT2D eigenvalue weighted by atomic mass is 16.5. The summed E-state index contributed by atoms with van der Waals surface area (Å²) in [5.74, 6) is 0.685. The standard InChI is InChI=1S/C22H28N4O3/c1-16-5-3-4-6-19(16)22(28)25-18-9-12-26(13-10-18)20-8-7-17(15-24-20)21(27)23-11-14-29-2/h3-8,15,18H,9-14H2,1-2H3,(H,23,27)(H,25,28). The Morgan fingerprint density at radius 3 is 2.55 bits per heavy atom. The first kappa shape index (κ1) is 20.8. The fraction of sp³-hybridized carbons (Fsp3) is 0.409. The van der Waals surface area contributed by atoms with E-state index in [0.29, 0.717) is 18.7 Å². The minimum absolute atomic E-state index is 0.0106. The van der Waals surface area contributed by atoms with Crippen LogP contribution in [0.5, 0.6) is 0 Å². The van der Waals surface area contributed by atoms with Gasteiger partial charge in [0.25, 0.3) is 11.8 Å². The molecule has 0 atom stereocenters. The maximum Gasteiger partial charge on any atom is 0.252 e. The number of pyridine rings is 1. The van der Waals surface area contributed by atoms with Gasteiger partial charge in [-0.25, -0.2) is 4.98 Å². The van der Waals surface area contributed by atoms with E-state index in [0.717, 1.165) is 42.9 Å². The van der Waals surface area contributed by atoms with Crippen LogP contribution in [-0.2, 0) is 4.74 Å². The van der Waals surface area contributed by atoms with Crippen molar-refractivity contribution in [1.29, 1.82) is 0 Å². The summed E-state index contributed by atoms with van der Waals surface area (Å²) in [6.07, 6.45) is 3.32. The minimum Gasteiger partial charge on any atom is -0.383 e. The third kappa shape index (κ3) is 5.54. The van der Waals surface area contributed by atoms with E-state index >= 15 is 0 Å². The molecule has 1 aromatic heterocycles. The number of methoxy groups -OCH3 is 1. The molecule has 1 saturated heterocycles. The molecule has 2 N–H and O–H groups in total. The molecule has 0 bridgehead atoms. The summed E-state index contributed by atoms with van der Waals surface area (Å²) >= 11 is 0. The molecular weight excluding hydrogens is 368 g/mol. The van der Waals surface area contributed by atoms with E-state index in [1.165, 1.54) is 0 Å². The average Bonchev–Trinajstić information content (AvgIpc) is 2.75. The van der Waals surface area contributed by atoms with Gasteiger partial charge in [-0.1, -0.05) is 18.2 Å². The van der Waals surface area contributed by atoms with Crippen LogP contribution in [0.2, 0.25) is 0 Å². The van der Waals surface area contributed by atoms with Gasteiger partial charge in [0.1, 0.15) is 5.82 Å². The Bertz CT molecular complexity index is 830. The van der Waals surface area contributed by atoms with Crippen molar-refractivity contribution < 1.29 is 14.3 Å². The summed E-state index contributed by atoms with van der Waals surface area (Å²) in [4.78, 5) is 31.2. The Morgan fingerprint density at radius 1 is 1.14 bits per heavy atom. The SMILES string of the molecule is COCCNC(=O)c1ccc(N2CCC(NC(=O)c3ccccc3C)CC2)nc1. The Morgan fingerprint density at radius 2 is 1.90 bits per heavy atom. The van der Waals surface area contributed by atoms with Gasteiger partial charge in [0.05, 0.1) is 12.2 Å². The van der Waals surface area contributed by atoms with Gasteiger partial charge in [0, 0.05) is 44.5 Å². The van der Waals surface area contributed by atoms with Gasteiger partial charge in [-0.3, -0.25) is 9.59 Å². The first-order chi connectivity index (χ1) is 14.1. The molecular formula is C22H28N4O3. The minimum atomic E-state index is -0.154. The van der Waals surface area contributed by atoms with Crippen LogP contribution in [0.15, 0.2) is 42.6 Å². The van der Waals surface area contributed by atoms with Gasteiger partial charge in [-0.05, 0) is 43.5 Å². The zero-order chi connectivity index (χ0) is 20.6. The first-order valence-electron chi connectivity index (χ1n) is 9.93. The third-order valence-electron chi connectivity index (χ3n) is 5.15. The molecule has 7 nitrogen and oxygen atoms in total. The predicted octanol–water partition coefficient (Wildman–Crippen LogP) is 2.17. The van der Waals surface area contributed by atoms with Crippen LogP contribution in [0.3, 0.4) is 0 Å². The number of ether oxygens (including phenoxy) is 1. The molecule has 2 amide bonds. The second-order valence-corrected chi connectivity index (χ2v) is 7.20. The number of amides is 2. The second kappa shape index (κ2) is 10.0. The summed E-state index contributed by atoms with van der Waals surface area (Å²) in [7, 11) is 1.60. The number of aryl methyl sites for hydroxylation is 1. The van der Waals surface area contributed by atoms with Crippen LogP contribution in [-0.4, -0.2) is 56.2 Å². The lowest BCUT2D eigenvalue weighted by Crippen LogP contribution is -2.45. The van der Waals surface area contributed by atoms with E-state index in [4.69, 9.17) is 4.74 Å². The predicted molar refractivity (Wildman–Crippen MR) is 112 cm³/mol. The molecule has 0 aliphatic carbocycles. The van der Waals surface area contributed by atoms with Crippen LogP contribution in [0.4, 0.5) is 5.82 Å². The Hall–Kier alpha value is -2.93. The summed E-state index contributed by atoms with van der Waals surface area (Å²) in [6.45, 7) is 4.52. The van der Waals surface area contributed by atoms with Crippen LogP contribution in [0.25, 0.3) is 0 Å². The van der Waals surface area contributed by atoms with Crippen molar-refractivity contribution in [2.24, 2.45) is 0 Å². The fourth-order valence-electron chi connectivity index (χ4n) is 3.42. The molecule has 2 heterocycles. The number of carbonyl (C=O) groups excluding carboxylic acids is 2. The highest BCUT2D eigenvalue weighted by Gasteiger charge is 2.22. The molecule has 29 heavy (non-hydrogen) atoms. The van der Waals surface area contributed by atoms with Crippen LogP contribution in [0, 0.1) is 6.92 Å². The Labute approximate surface area is 171 Å². The Balaban J connectivity index is 1.49. The number of hydrogen-bond donors (Lipinski definition) is 2. The van der Waals surface area contributed by atoms with Crippen molar-refractivity contribution in [2.45, 2.75) is 25.8 Å². The zero-order valence-corrected chi connectivity index (χ0v) is 17.0. The zero-order valence-electron chi connectivity index (χ0n) is 17.0. The van der Waals surface area contributed by atoms with Crippen molar-refractivity contribution in [3.8, 4) is 0 Å². The average molecular weight is 396 g/mol. The van der Waals surface area contributed by atoms with Crippen molar-refractivity contribution >= 4 is 17.6 Å². The van der Waals surface area contributed by atoms with Gasteiger partial charge in [0.15, 0.2) is 0 Å². The van der Waals surface area contributed by atoms with E-state index in [9.17, 15) is 9.59 Å². The summed E-state index contributed by atoms with van der Waals surface area (Å²) in [5.41, 5.74) is 2.25. The summed E-state index contributed by atoms with van der Waals surface area (Å²) < 4.78 is 4.93. The van der Waals surface area contributed by atoms with E-state index in [-0.39, 0.29) is 17.9 Å². The number of nitrogens with zero attached hydrogens (tertiary/aromatic N) is 2. The largest absolute Gasteiger partial charge is 0.383 e. The lowest BCUT2D eigenvalue weighted by molar-refractivity contribution is 0.0925. The topological polar surface area (TPSA) is 83.6 Å². The van der Waals surface area contributed by atoms with Crippen molar-refractivity contribution in [3.63, 3.8) is 0 Å². The van der Waals surface area contributed by atoms with Crippen LogP contribution >= 0.6 is 0 Å². The fourth-order valence-corrected chi connectivity index (χ4v) is 3.42. The molecule has 1 aliphatic rings. The smallest absolute Gasteiger partial charge is 0.252 e. The van der Waals surface area contributed by atoms with Crippen molar-refractivity contribution in [1.82, 2.24) is 15.6 Å². The lowest BCUT2D eigenvalue weighted by Gasteiger charge is -2.33. The maximum atomic E-state index is 12.5. The van der Waals surface area contributed by atoms with Gasteiger partial charge < -0.3 is 20.3 Å². The molecule has 1 fully saturated rings. The molecule has 7 heteroatoms. The van der Waals surface area contributed by atoms with Crippen LogP contribution < -0.4 is 15.5 Å². The first-order valence-corrected chi connectivity index (χ1v) is 9.93. The number of nitrogens with one attached hydrogen (secondary N) is 2. The van der Waals surface area contributed by atoms with E-state index in [1.54, 1.807) is 19.4 Å². The molecule has 0 unspecified atom stereocenters. The number of piperidine rings is 1. The summed E-state index contributed by atoms with van der Waals surface area (Å²) in [5, 5.41) is 5.93. The molecule has 0 spiro atoms. The van der Waals surface area contributed by atoms with E-state index < -0.39 is 0 Å². The number of benzene rings is 1. The number of anilines is 1. The molecule has 0 radical (unpaired) electrons. The number of carbonyl (C=O) groups is 2. The lowest BCUT2D eigenvalue weighted by atomic mass is 10.0. The van der Waals surface area contributed by atoms with Gasteiger partial charge in [-0.15, -0.1) is 0 Å². The van der Waals surface area contributed by atoms with Gasteiger partial charge >= 0.3 is 0 Å². The molecule has 1 aliphatic heterocycles. The molecule has 0 saturated carbocycles. The highest BCUT2D eigenvalue weighted by Crippen LogP contribution is 2.19. The quantitative estimate of drug-likeness (QED) is 0.701. The molecule has 2 aromatic rings. The normalized spacial score (nSPS) is 14.5. The van der Waals surface area contributed by atoms with Gasteiger partial charge in [0.2, 0.25) is 0 Å². The molecule has 154 valence electrons. The maximum absolute atomic E-state index is 12.5. The highest BCUT2D eigenvalue weighted by molar-refractivity contribution is 5.95. The van der Waals surface area contributed by atoms with Crippen molar-refractivity contribution in [2.75, 3.05) is 38.3 Å². The molecule has 1 aromatic carbocycles. The van der Waals surface area contributed by atoms with E-state index in [2.05, 4.69) is 20.5 Å². The van der Waals surface area contributed by atoms with E-state index in [1.807, 2.05) is 37.3 Å². The second-order valence-electron chi connectivity index (χ2n) is 7.20.